The van der Waals surface area contributed by atoms with Crippen LogP contribution in [0.25, 0.3) is 0 Å². The summed E-state index contributed by atoms with van der Waals surface area (Å²) in [6.07, 6.45) is 0. The van der Waals surface area contributed by atoms with E-state index in [4.69, 9.17) is 0 Å². The molecule has 0 radical (unpaired) electrons. The minimum Gasteiger partial charge on any atom is -0.309 e. The van der Waals surface area contributed by atoms with Crippen LogP contribution in [0.15, 0.2) is 0 Å². The molecule has 0 N–H and O–H groups in total. The minimum atomic E-state index is -0.814. The van der Waals surface area contributed by atoms with Gasteiger partial charge in [0.2, 0.25) is 0 Å². The Balaban J connectivity index is 3.61. The first-order chi connectivity index (χ1) is 4.81. The summed E-state index contributed by atoms with van der Waals surface area (Å²) >= 11 is 0. The van der Waals surface area contributed by atoms with E-state index in [-0.39, 0.29) is 0 Å². The molecule has 0 saturated heterocycles. The second-order valence-corrected chi connectivity index (χ2v) is 10.7. The van der Waals surface area contributed by atoms with Gasteiger partial charge in [-0.15, -0.1) is 0 Å². The molecular weight excluding hydrogens is 150 g/mol. The minimum absolute atomic E-state index is 0.814. The Labute approximate surface area is 72.8 Å². The second kappa shape index (κ2) is 4.26. The number of nitrogens with zero attached hydrogens (tertiary/aromatic N) is 1. The quantitative estimate of drug-likeness (QED) is 0.591. The normalized spacial score (nSPS) is 15.5. The van der Waals surface area contributed by atoms with Crippen molar-refractivity contribution in [3.8, 4) is 0 Å². The van der Waals surface area contributed by atoms with Gasteiger partial charge in [-0.25, -0.2) is 0 Å². The van der Waals surface area contributed by atoms with Crippen LogP contribution in [-0.2, 0) is 0 Å². The molecule has 0 aromatic carbocycles. The summed E-state index contributed by atoms with van der Waals surface area (Å²) in [6, 6.07) is 1.45. The standard InChI is InChI=1S/C9H23NSi/c1-9(7-10(2)3)8-11(4,5)6/h9H,7-8H2,1-6H3. The molecule has 0 bridgehead atoms. The number of hydrogen-bond acceptors (Lipinski definition) is 1. The van der Waals surface area contributed by atoms with Gasteiger partial charge >= 0.3 is 0 Å². The highest BCUT2D eigenvalue weighted by Crippen LogP contribution is 2.16. The Hall–Kier alpha value is 0.177. The van der Waals surface area contributed by atoms with Crippen LogP contribution < -0.4 is 0 Å². The van der Waals surface area contributed by atoms with Gasteiger partial charge in [-0.2, -0.15) is 0 Å². The van der Waals surface area contributed by atoms with Crippen LogP contribution in [-0.4, -0.2) is 33.6 Å². The predicted molar refractivity (Wildman–Crippen MR) is 55.9 cm³/mol. The molecule has 68 valence electrons. The van der Waals surface area contributed by atoms with Crippen LogP contribution >= 0.6 is 0 Å². The van der Waals surface area contributed by atoms with Crippen molar-refractivity contribution in [1.82, 2.24) is 4.90 Å². The zero-order valence-corrected chi connectivity index (χ0v) is 9.94. The summed E-state index contributed by atoms with van der Waals surface area (Å²) in [5, 5.41) is 0. The third-order valence-corrected chi connectivity index (χ3v) is 3.56. The van der Waals surface area contributed by atoms with E-state index in [1.807, 2.05) is 0 Å². The molecule has 0 fully saturated rings. The van der Waals surface area contributed by atoms with Gasteiger partial charge in [-0.1, -0.05) is 32.6 Å². The van der Waals surface area contributed by atoms with Crippen molar-refractivity contribution in [3.05, 3.63) is 0 Å². The molecule has 2 heteroatoms. The number of hydrogen-bond donors (Lipinski definition) is 0. The van der Waals surface area contributed by atoms with Crippen molar-refractivity contribution >= 4 is 8.07 Å². The molecule has 0 aromatic heterocycles. The van der Waals surface area contributed by atoms with E-state index in [0.717, 1.165) is 5.92 Å². The van der Waals surface area contributed by atoms with Crippen molar-refractivity contribution in [2.75, 3.05) is 20.6 Å². The first kappa shape index (κ1) is 11.2. The molecule has 0 rings (SSSR count). The fraction of sp³-hybridized carbons (Fsp3) is 1.00. The molecule has 1 unspecified atom stereocenters. The second-order valence-electron chi connectivity index (χ2n) is 5.13. The molecule has 0 aliphatic heterocycles. The van der Waals surface area contributed by atoms with Crippen LogP contribution in [0.3, 0.4) is 0 Å². The highest BCUT2D eigenvalue weighted by Gasteiger charge is 2.17. The van der Waals surface area contributed by atoms with Gasteiger partial charge in [-0.3, -0.25) is 0 Å². The van der Waals surface area contributed by atoms with Crippen molar-refractivity contribution in [2.45, 2.75) is 32.6 Å². The molecule has 0 spiro atoms. The van der Waals surface area contributed by atoms with E-state index in [0.29, 0.717) is 0 Å². The van der Waals surface area contributed by atoms with Crippen molar-refractivity contribution in [3.63, 3.8) is 0 Å². The van der Waals surface area contributed by atoms with Crippen molar-refractivity contribution in [1.29, 1.82) is 0 Å². The maximum Gasteiger partial charge on any atom is 0.0445 e. The van der Waals surface area contributed by atoms with Gasteiger partial charge in [0.15, 0.2) is 0 Å². The molecule has 11 heavy (non-hydrogen) atoms. The van der Waals surface area contributed by atoms with Crippen LogP contribution in [0, 0.1) is 5.92 Å². The molecule has 0 saturated carbocycles. The third kappa shape index (κ3) is 8.08. The molecular formula is C9H23NSi. The topological polar surface area (TPSA) is 3.24 Å². The van der Waals surface area contributed by atoms with Gasteiger partial charge < -0.3 is 4.90 Å². The van der Waals surface area contributed by atoms with Crippen LogP contribution in [0.1, 0.15) is 6.92 Å². The van der Waals surface area contributed by atoms with E-state index < -0.39 is 8.07 Å². The highest BCUT2D eigenvalue weighted by atomic mass is 28.3. The Kier molecular flexibility index (Phi) is 4.33. The summed E-state index contributed by atoms with van der Waals surface area (Å²) < 4.78 is 0. The summed E-state index contributed by atoms with van der Waals surface area (Å²) in [4.78, 5) is 2.28. The van der Waals surface area contributed by atoms with Gasteiger partial charge in [0.05, 0.1) is 0 Å². The zero-order chi connectivity index (χ0) is 9.07. The highest BCUT2D eigenvalue weighted by molar-refractivity contribution is 6.76. The van der Waals surface area contributed by atoms with Crippen molar-refractivity contribution in [2.24, 2.45) is 5.92 Å². The van der Waals surface area contributed by atoms with E-state index >= 15 is 0 Å². The van der Waals surface area contributed by atoms with Crippen LogP contribution in [0.2, 0.25) is 25.7 Å². The maximum absolute atomic E-state index is 2.44. The molecule has 0 heterocycles. The zero-order valence-electron chi connectivity index (χ0n) is 8.94. The predicted octanol–water partition coefficient (Wildman–Crippen LogP) is 2.52. The molecule has 1 atom stereocenters. The lowest BCUT2D eigenvalue weighted by Gasteiger charge is -2.23. The maximum atomic E-state index is 2.44. The summed E-state index contributed by atoms with van der Waals surface area (Å²) in [7, 11) is 3.49. The van der Waals surface area contributed by atoms with Gasteiger partial charge in [0.1, 0.15) is 0 Å². The van der Waals surface area contributed by atoms with Gasteiger partial charge in [0.25, 0.3) is 0 Å². The van der Waals surface area contributed by atoms with E-state index in [9.17, 15) is 0 Å². The Morgan fingerprint density at radius 1 is 1.18 bits per heavy atom. The van der Waals surface area contributed by atoms with Crippen LogP contribution in [0.4, 0.5) is 0 Å². The molecule has 0 amide bonds. The summed E-state index contributed by atoms with van der Waals surface area (Å²) in [5.74, 6) is 0.872. The Morgan fingerprint density at radius 3 is 1.91 bits per heavy atom. The SMILES string of the molecule is CC(CN(C)C)C[Si](C)(C)C. The first-order valence-electron chi connectivity index (χ1n) is 4.46. The van der Waals surface area contributed by atoms with Crippen LogP contribution in [0.5, 0.6) is 0 Å². The van der Waals surface area contributed by atoms with E-state index in [1.165, 1.54) is 12.6 Å². The number of rotatable bonds is 4. The van der Waals surface area contributed by atoms with E-state index in [2.05, 4.69) is 45.6 Å². The fourth-order valence-electron chi connectivity index (χ4n) is 1.73. The monoisotopic (exact) mass is 173 g/mol. The lowest BCUT2D eigenvalue weighted by Crippen LogP contribution is -2.28. The van der Waals surface area contributed by atoms with Gasteiger partial charge in [-0.05, 0) is 26.6 Å². The van der Waals surface area contributed by atoms with Crippen molar-refractivity contribution < 1.29 is 0 Å². The molecule has 0 aromatic rings. The largest absolute Gasteiger partial charge is 0.309 e. The third-order valence-electron chi connectivity index (χ3n) is 1.64. The smallest absolute Gasteiger partial charge is 0.0445 e. The Morgan fingerprint density at radius 2 is 1.64 bits per heavy atom. The Bertz CT molecular complexity index is 105. The average Bonchev–Trinajstić information content (AvgIpc) is 1.53. The lowest BCUT2D eigenvalue weighted by molar-refractivity contribution is 0.352. The summed E-state index contributed by atoms with van der Waals surface area (Å²) in [5.41, 5.74) is 0. The molecule has 0 aliphatic carbocycles. The van der Waals surface area contributed by atoms with E-state index in [1.54, 1.807) is 0 Å². The molecule has 0 aliphatic rings. The fourth-order valence-corrected chi connectivity index (χ4v) is 3.95. The first-order valence-corrected chi connectivity index (χ1v) is 8.17. The molecule has 1 nitrogen and oxygen atoms in total. The van der Waals surface area contributed by atoms with Gasteiger partial charge in [0, 0.05) is 8.07 Å². The average molecular weight is 173 g/mol. The lowest BCUT2D eigenvalue weighted by atomic mass is 10.2. The summed E-state index contributed by atoms with van der Waals surface area (Å²) in [6.45, 7) is 10.9.